The molecule has 1 aliphatic rings. The van der Waals surface area contributed by atoms with E-state index in [9.17, 15) is 0 Å². The molecule has 0 radical (unpaired) electrons. The van der Waals surface area contributed by atoms with Gasteiger partial charge in [0.05, 0.1) is 34.8 Å². The zero-order valence-electron chi connectivity index (χ0n) is 15.8. The largest absolute Gasteiger partial charge is 0.387 e. The first-order chi connectivity index (χ1) is 13.0. The van der Waals surface area contributed by atoms with E-state index in [0.717, 1.165) is 59.1 Å². The number of fused-ring (bicyclic) bond motifs is 1. The maximum atomic E-state index is 6.46. The molecule has 4 rings (SSSR count). The fourth-order valence-corrected chi connectivity index (χ4v) is 3.72. The van der Waals surface area contributed by atoms with Gasteiger partial charge in [0.1, 0.15) is 5.82 Å². The summed E-state index contributed by atoms with van der Waals surface area (Å²) < 4.78 is 0. The fraction of sp³-hybridized carbons (Fsp3) is 0.286. The first-order valence-corrected chi connectivity index (χ1v) is 9.42. The van der Waals surface area contributed by atoms with E-state index in [1.54, 1.807) is 6.20 Å². The highest BCUT2D eigenvalue weighted by Gasteiger charge is 2.20. The number of aromatic nitrogens is 3. The van der Waals surface area contributed by atoms with Gasteiger partial charge in [0.25, 0.3) is 0 Å². The molecule has 1 N–H and O–H groups in total. The van der Waals surface area contributed by atoms with Gasteiger partial charge in [0, 0.05) is 31.5 Å². The fourth-order valence-electron chi connectivity index (χ4n) is 3.52. The Morgan fingerprint density at radius 3 is 2.67 bits per heavy atom. The van der Waals surface area contributed by atoms with E-state index in [2.05, 4.69) is 44.2 Å². The summed E-state index contributed by atoms with van der Waals surface area (Å²) in [6, 6.07) is 6.35. The summed E-state index contributed by atoms with van der Waals surface area (Å²) in [5, 5.41) is 3.77. The molecule has 27 heavy (non-hydrogen) atoms. The Hall–Kier alpha value is -2.66. The van der Waals surface area contributed by atoms with Crippen molar-refractivity contribution in [3.63, 3.8) is 0 Å². The van der Waals surface area contributed by atoms with E-state index in [4.69, 9.17) is 11.6 Å². The van der Waals surface area contributed by atoms with Crippen molar-refractivity contribution in [2.24, 2.45) is 0 Å². The summed E-state index contributed by atoms with van der Waals surface area (Å²) >= 11 is 6.46. The van der Waals surface area contributed by atoms with Crippen molar-refractivity contribution in [3.8, 4) is 11.3 Å². The van der Waals surface area contributed by atoms with Crippen LogP contribution in [-0.2, 0) is 13.0 Å². The van der Waals surface area contributed by atoms with Crippen molar-refractivity contribution in [1.82, 2.24) is 15.0 Å². The van der Waals surface area contributed by atoms with Gasteiger partial charge >= 0.3 is 0 Å². The zero-order chi connectivity index (χ0) is 19.0. The van der Waals surface area contributed by atoms with Gasteiger partial charge in [-0.05, 0) is 49.1 Å². The molecule has 6 heteroatoms. The molecule has 3 aromatic rings. The third kappa shape index (κ3) is 3.47. The van der Waals surface area contributed by atoms with Gasteiger partial charge in [0.2, 0.25) is 0 Å². The Labute approximate surface area is 164 Å². The number of hydrogen-bond acceptors (Lipinski definition) is 5. The van der Waals surface area contributed by atoms with E-state index < -0.39 is 0 Å². The Kier molecular flexibility index (Phi) is 4.70. The van der Waals surface area contributed by atoms with Crippen LogP contribution < -0.4 is 10.2 Å². The second-order valence-corrected chi connectivity index (χ2v) is 7.36. The smallest absolute Gasteiger partial charge is 0.129 e. The van der Waals surface area contributed by atoms with E-state index >= 15 is 0 Å². The van der Waals surface area contributed by atoms with Crippen LogP contribution in [0.1, 0.15) is 22.4 Å². The Morgan fingerprint density at radius 1 is 1.04 bits per heavy atom. The molecular formula is C21H22ClN5. The quantitative estimate of drug-likeness (QED) is 0.730. The second-order valence-electron chi connectivity index (χ2n) is 6.95. The first kappa shape index (κ1) is 17.7. The van der Waals surface area contributed by atoms with Gasteiger partial charge in [0.15, 0.2) is 0 Å². The number of rotatable bonds is 3. The van der Waals surface area contributed by atoms with E-state index in [0.29, 0.717) is 5.02 Å². The van der Waals surface area contributed by atoms with Gasteiger partial charge in [-0.25, -0.2) is 4.98 Å². The molecule has 3 aromatic heterocycles. The van der Waals surface area contributed by atoms with Crippen LogP contribution in [0.3, 0.4) is 0 Å². The number of anilines is 2. The van der Waals surface area contributed by atoms with Crippen molar-refractivity contribution >= 4 is 23.1 Å². The molecule has 1 aliphatic heterocycles. The summed E-state index contributed by atoms with van der Waals surface area (Å²) in [5.74, 6) is 0.904. The van der Waals surface area contributed by atoms with Crippen molar-refractivity contribution in [3.05, 3.63) is 64.2 Å². The lowest BCUT2D eigenvalue weighted by molar-refractivity contribution is 0.701. The summed E-state index contributed by atoms with van der Waals surface area (Å²) in [4.78, 5) is 16.0. The molecule has 0 aromatic carbocycles. The van der Waals surface area contributed by atoms with Crippen LogP contribution in [0.5, 0.6) is 0 Å². The first-order valence-electron chi connectivity index (χ1n) is 9.05. The summed E-state index contributed by atoms with van der Waals surface area (Å²) in [5.41, 5.74) is 7.52. The van der Waals surface area contributed by atoms with Crippen LogP contribution in [-0.4, -0.2) is 28.5 Å². The molecule has 0 fully saturated rings. The standard InChI is InChI=1S/C21H22ClN5/c1-13-6-14(2)21(26-9-13)17-8-20(25-11-18(17)22)27-5-4-15-7-16(23-3)10-24-19(15)12-27/h6-11,23H,4-5,12H2,1-3H3. The number of pyridine rings is 3. The van der Waals surface area contributed by atoms with E-state index in [-0.39, 0.29) is 0 Å². The van der Waals surface area contributed by atoms with Crippen LogP contribution in [0, 0.1) is 13.8 Å². The highest BCUT2D eigenvalue weighted by atomic mass is 35.5. The number of nitrogens with one attached hydrogen (secondary N) is 1. The Balaban J connectivity index is 1.67. The molecule has 4 heterocycles. The minimum Gasteiger partial charge on any atom is -0.387 e. The molecule has 0 saturated heterocycles. The third-order valence-electron chi connectivity index (χ3n) is 4.98. The van der Waals surface area contributed by atoms with Crippen molar-refractivity contribution in [2.45, 2.75) is 26.8 Å². The molecule has 0 amide bonds. The zero-order valence-corrected chi connectivity index (χ0v) is 16.5. The molecule has 0 unspecified atom stereocenters. The van der Waals surface area contributed by atoms with Crippen molar-refractivity contribution in [2.75, 3.05) is 23.8 Å². The Morgan fingerprint density at radius 2 is 1.89 bits per heavy atom. The molecule has 5 nitrogen and oxygen atoms in total. The summed E-state index contributed by atoms with van der Waals surface area (Å²) in [7, 11) is 1.92. The van der Waals surface area contributed by atoms with E-state index in [1.165, 1.54) is 5.56 Å². The lowest BCUT2D eigenvalue weighted by Crippen LogP contribution is -2.31. The SMILES string of the molecule is CNc1cnc2c(c1)CCN(c1cc(-c3ncc(C)cc3C)c(Cl)cn1)C2. The topological polar surface area (TPSA) is 53.9 Å². The van der Waals surface area contributed by atoms with Crippen molar-refractivity contribution in [1.29, 1.82) is 0 Å². The maximum absolute atomic E-state index is 6.46. The molecule has 0 atom stereocenters. The highest BCUT2D eigenvalue weighted by molar-refractivity contribution is 6.33. The van der Waals surface area contributed by atoms with Gasteiger partial charge in [-0.1, -0.05) is 17.7 Å². The maximum Gasteiger partial charge on any atom is 0.129 e. The van der Waals surface area contributed by atoms with Gasteiger partial charge in [-0.3, -0.25) is 9.97 Å². The van der Waals surface area contributed by atoms with Crippen LogP contribution in [0.15, 0.2) is 36.8 Å². The minimum atomic E-state index is 0.618. The predicted molar refractivity (Wildman–Crippen MR) is 110 cm³/mol. The molecule has 138 valence electrons. The normalized spacial score (nSPS) is 13.4. The van der Waals surface area contributed by atoms with Crippen LogP contribution in [0.4, 0.5) is 11.5 Å². The van der Waals surface area contributed by atoms with Gasteiger partial charge < -0.3 is 10.2 Å². The average Bonchev–Trinajstić information content (AvgIpc) is 2.68. The number of hydrogen-bond donors (Lipinski definition) is 1. The van der Waals surface area contributed by atoms with Gasteiger partial charge in [-0.2, -0.15) is 0 Å². The van der Waals surface area contributed by atoms with Gasteiger partial charge in [-0.15, -0.1) is 0 Å². The third-order valence-corrected chi connectivity index (χ3v) is 5.28. The predicted octanol–water partition coefficient (Wildman–Crippen LogP) is 4.41. The van der Waals surface area contributed by atoms with Crippen molar-refractivity contribution < 1.29 is 0 Å². The molecular weight excluding hydrogens is 358 g/mol. The van der Waals surface area contributed by atoms with Crippen LogP contribution >= 0.6 is 11.6 Å². The Bertz CT molecular complexity index is 1000. The van der Waals surface area contributed by atoms with Crippen LogP contribution in [0.25, 0.3) is 11.3 Å². The molecule has 0 saturated carbocycles. The molecule has 0 bridgehead atoms. The summed E-state index contributed by atoms with van der Waals surface area (Å²) in [6.07, 6.45) is 6.42. The number of aryl methyl sites for hydroxylation is 2. The molecule has 0 spiro atoms. The lowest BCUT2D eigenvalue weighted by atomic mass is 10.0. The highest BCUT2D eigenvalue weighted by Crippen LogP contribution is 2.32. The monoisotopic (exact) mass is 379 g/mol. The summed E-state index contributed by atoms with van der Waals surface area (Å²) in [6.45, 7) is 5.75. The minimum absolute atomic E-state index is 0.618. The second kappa shape index (κ2) is 7.16. The lowest BCUT2D eigenvalue weighted by Gasteiger charge is -2.29. The average molecular weight is 380 g/mol. The van der Waals surface area contributed by atoms with Crippen LogP contribution in [0.2, 0.25) is 5.02 Å². The number of nitrogens with zero attached hydrogens (tertiary/aromatic N) is 4. The van der Waals surface area contributed by atoms with E-state index in [1.807, 2.05) is 32.4 Å². The molecule has 0 aliphatic carbocycles. The number of halogens is 1.